The van der Waals surface area contributed by atoms with Crippen LogP contribution in [-0.4, -0.2) is 17.5 Å². The molecule has 0 aliphatic carbocycles. The van der Waals surface area contributed by atoms with Gasteiger partial charge in [0.2, 0.25) is 0 Å². The lowest BCUT2D eigenvalue weighted by Gasteiger charge is -2.24. The van der Waals surface area contributed by atoms with Crippen LogP contribution in [0.2, 0.25) is 0 Å². The van der Waals surface area contributed by atoms with E-state index in [1.54, 1.807) is 0 Å². The molecule has 1 nitrogen and oxygen atoms in total. The highest BCUT2D eigenvalue weighted by Crippen LogP contribution is 2.26. The predicted octanol–water partition coefficient (Wildman–Crippen LogP) is 3.40. The molecule has 2 rings (SSSR count). The van der Waals surface area contributed by atoms with Crippen LogP contribution in [0.15, 0.2) is 24.3 Å². The van der Waals surface area contributed by atoms with Crippen LogP contribution < -0.4 is 5.73 Å². The molecule has 0 bridgehead atoms. The van der Waals surface area contributed by atoms with E-state index < -0.39 is 0 Å². The van der Waals surface area contributed by atoms with E-state index in [2.05, 4.69) is 43.0 Å². The maximum atomic E-state index is 6.27. The molecule has 1 atom stereocenters. The molecule has 1 heterocycles. The average molecular weight is 249 g/mol. The molecule has 1 aromatic carbocycles. The van der Waals surface area contributed by atoms with E-state index in [-0.39, 0.29) is 0 Å². The minimum Gasteiger partial charge on any atom is -0.327 e. The van der Waals surface area contributed by atoms with Crippen molar-refractivity contribution < 1.29 is 0 Å². The van der Waals surface area contributed by atoms with Gasteiger partial charge in [0, 0.05) is 6.04 Å². The van der Waals surface area contributed by atoms with Crippen LogP contribution >= 0.6 is 11.8 Å². The molecule has 1 aliphatic rings. The molecule has 2 N–H and O–H groups in total. The van der Waals surface area contributed by atoms with Crippen molar-refractivity contribution in [2.24, 2.45) is 11.7 Å². The summed E-state index contributed by atoms with van der Waals surface area (Å²) in [6.45, 7) is 2.13. The van der Waals surface area contributed by atoms with Gasteiger partial charge in [-0.15, -0.1) is 0 Å². The van der Waals surface area contributed by atoms with Crippen molar-refractivity contribution in [3.05, 3.63) is 35.4 Å². The zero-order chi connectivity index (χ0) is 12.1. The van der Waals surface area contributed by atoms with E-state index in [1.165, 1.54) is 41.9 Å². The molecule has 2 heteroatoms. The molecule has 0 radical (unpaired) electrons. The maximum Gasteiger partial charge on any atom is 0.00819 e. The zero-order valence-corrected chi connectivity index (χ0v) is 11.5. The molecule has 0 aromatic heterocycles. The normalized spacial score (nSPS) is 19.2. The summed E-state index contributed by atoms with van der Waals surface area (Å²) in [4.78, 5) is 0. The first-order valence-corrected chi connectivity index (χ1v) is 7.78. The third-order valence-electron chi connectivity index (χ3n) is 3.60. The van der Waals surface area contributed by atoms with Crippen molar-refractivity contribution in [1.29, 1.82) is 0 Å². The molecule has 1 unspecified atom stereocenters. The Morgan fingerprint density at radius 3 is 2.53 bits per heavy atom. The molecule has 17 heavy (non-hydrogen) atoms. The van der Waals surface area contributed by atoms with Gasteiger partial charge in [-0.1, -0.05) is 29.8 Å². The summed E-state index contributed by atoms with van der Waals surface area (Å²) in [5.41, 5.74) is 8.98. The molecular formula is C15H23NS. The van der Waals surface area contributed by atoms with Crippen LogP contribution in [-0.2, 0) is 6.42 Å². The maximum absolute atomic E-state index is 6.27. The van der Waals surface area contributed by atoms with Gasteiger partial charge >= 0.3 is 0 Å². The Hall–Kier alpha value is -0.470. The molecule has 1 aliphatic heterocycles. The van der Waals surface area contributed by atoms with Gasteiger partial charge in [-0.05, 0) is 55.6 Å². The van der Waals surface area contributed by atoms with E-state index >= 15 is 0 Å². The number of aryl methyl sites for hydroxylation is 1. The molecule has 94 valence electrons. The van der Waals surface area contributed by atoms with Crippen molar-refractivity contribution in [3.63, 3.8) is 0 Å². The summed E-state index contributed by atoms with van der Waals surface area (Å²) < 4.78 is 0. The van der Waals surface area contributed by atoms with Crippen molar-refractivity contribution in [3.8, 4) is 0 Å². The fourth-order valence-corrected chi connectivity index (χ4v) is 3.72. The summed E-state index contributed by atoms with van der Waals surface area (Å²) in [7, 11) is 0. The molecule has 1 fully saturated rings. The van der Waals surface area contributed by atoms with Crippen LogP contribution in [0.5, 0.6) is 0 Å². The van der Waals surface area contributed by atoms with E-state index in [1.807, 2.05) is 0 Å². The number of nitrogens with two attached hydrogens (primary N) is 1. The van der Waals surface area contributed by atoms with Crippen molar-refractivity contribution >= 4 is 11.8 Å². The summed E-state index contributed by atoms with van der Waals surface area (Å²) in [5.74, 6) is 3.54. The lowest BCUT2D eigenvalue weighted by atomic mass is 9.91. The average Bonchev–Trinajstić information content (AvgIpc) is 2.33. The minimum absolute atomic E-state index is 0.339. The molecule has 0 saturated carbocycles. The molecule has 0 amide bonds. The smallest absolute Gasteiger partial charge is 0.00819 e. The van der Waals surface area contributed by atoms with Gasteiger partial charge in [0.15, 0.2) is 0 Å². The predicted molar refractivity (Wildman–Crippen MR) is 77.5 cm³/mol. The Morgan fingerprint density at radius 1 is 1.24 bits per heavy atom. The van der Waals surface area contributed by atoms with E-state index in [4.69, 9.17) is 5.73 Å². The zero-order valence-electron chi connectivity index (χ0n) is 10.7. The van der Waals surface area contributed by atoms with Gasteiger partial charge in [-0.25, -0.2) is 0 Å². The van der Waals surface area contributed by atoms with Crippen molar-refractivity contribution in [2.45, 2.75) is 38.6 Å². The molecule has 1 aromatic rings. The standard InChI is InChI=1S/C15H23NS/c1-12-2-4-13(5-3-12)10-15(16)11-14-6-8-17-9-7-14/h2-5,14-15H,6-11,16H2,1H3. The highest BCUT2D eigenvalue weighted by atomic mass is 32.2. The third kappa shape index (κ3) is 4.36. The van der Waals surface area contributed by atoms with Crippen LogP contribution in [0, 0.1) is 12.8 Å². The second-order valence-corrected chi connectivity index (χ2v) is 6.47. The van der Waals surface area contributed by atoms with Gasteiger partial charge in [0.25, 0.3) is 0 Å². The Bertz CT molecular complexity index is 327. The lowest BCUT2D eigenvalue weighted by molar-refractivity contribution is 0.406. The number of benzene rings is 1. The second-order valence-electron chi connectivity index (χ2n) is 5.24. The lowest BCUT2D eigenvalue weighted by Crippen LogP contribution is -2.27. The highest BCUT2D eigenvalue weighted by molar-refractivity contribution is 7.99. The first kappa shape index (κ1) is 13.0. The molecular weight excluding hydrogens is 226 g/mol. The van der Waals surface area contributed by atoms with E-state index in [0.717, 1.165) is 12.3 Å². The quantitative estimate of drug-likeness (QED) is 0.885. The minimum atomic E-state index is 0.339. The third-order valence-corrected chi connectivity index (χ3v) is 4.64. The van der Waals surface area contributed by atoms with Gasteiger partial charge in [0.05, 0.1) is 0 Å². The Kier molecular flexibility index (Phi) is 4.93. The van der Waals surface area contributed by atoms with Crippen LogP contribution in [0.1, 0.15) is 30.4 Å². The largest absolute Gasteiger partial charge is 0.327 e. The number of hydrogen-bond donors (Lipinski definition) is 1. The SMILES string of the molecule is Cc1ccc(CC(N)CC2CCSCC2)cc1. The second kappa shape index (κ2) is 6.46. The fourth-order valence-electron chi connectivity index (χ4n) is 2.52. The number of hydrogen-bond acceptors (Lipinski definition) is 2. The summed E-state index contributed by atoms with van der Waals surface area (Å²) in [6, 6.07) is 9.13. The number of thioether (sulfide) groups is 1. The number of rotatable bonds is 4. The molecule has 0 spiro atoms. The summed E-state index contributed by atoms with van der Waals surface area (Å²) >= 11 is 2.09. The monoisotopic (exact) mass is 249 g/mol. The summed E-state index contributed by atoms with van der Waals surface area (Å²) in [6.07, 6.45) is 4.97. The van der Waals surface area contributed by atoms with Gasteiger partial charge in [-0.2, -0.15) is 11.8 Å². The van der Waals surface area contributed by atoms with Crippen molar-refractivity contribution in [1.82, 2.24) is 0 Å². The van der Waals surface area contributed by atoms with Crippen molar-refractivity contribution in [2.75, 3.05) is 11.5 Å². The van der Waals surface area contributed by atoms with E-state index in [9.17, 15) is 0 Å². The Morgan fingerprint density at radius 2 is 1.88 bits per heavy atom. The van der Waals surface area contributed by atoms with Gasteiger partial charge < -0.3 is 5.73 Å². The molecule has 1 saturated heterocycles. The van der Waals surface area contributed by atoms with E-state index in [0.29, 0.717) is 6.04 Å². The van der Waals surface area contributed by atoms with Gasteiger partial charge in [0.1, 0.15) is 0 Å². The Labute approximate surface area is 109 Å². The summed E-state index contributed by atoms with van der Waals surface area (Å²) in [5, 5.41) is 0. The van der Waals surface area contributed by atoms with Gasteiger partial charge in [-0.3, -0.25) is 0 Å². The first-order chi connectivity index (χ1) is 8.24. The fraction of sp³-hybridized carbons (Fsp3) is 0.600. The van der Waals surface area contributed by atoms with Crippen LogP contribution in [0.3, 0.4) is 0 Å². The van der Waals surface area contributed by atoms with Crippen LogP contribution in [0.4, 0.5) is 0 Å². The Balaban J connectivity index is 1.79. The topological polar surface area (TPSA) is 26.0 Å². The van der Waals surface area contributed by atoms with Crippen LogP contribution in [0.25, 0.3) is 0 Å². The first-order valence-electron chi connectivity index (χ1n) is 6.63. The highest BCUT2D eigenvalue weighted by Gasteiger charge is 2.17.